The summed E-state index contributed by atoms with van der Waals surface area (Å²) in [6, 6.07) is 8.72. The van der Waals surface area contributed by atoms with Gasteiger partial charge in [-0.05, 0) is 82.7 Å². The summed E-state index contributed by atoms with van der Waals surface area (Å²) in [5.74, 6) is -1.61. The van der Waals surface area contributed by atoms with Crippen molar-refractivity contribution in [2.45, 2.75) is 85.4 Å². The summed E-state index contributed by atoms with van der Waals surface area (Å²) in [6.07, 6.45) is -0.490. The quantitative estimate of drug-likeness (QED) is 0.334. The zero-order chi connectivity index (χ0) is 30.2. The Labute approximate surface area is 241 Å². The molecule has 0 aliphatic rings. The Morgan fingerprint density at radius 1 is 1.00 bits per heavy atom. The second kappa shape index (κ2) is 14.2. The van der Waals surface area contributed by atoms with E-state index in [0.717, 1.165) is 16.7 Å². The Balaban J connectivity index is 2.62. The molecule has 2 aromatic carbocycles. The lowest BCUT2D eigenvalue weighted by Crippen LogP contribution is -2.53. The van der Waals surface area contributed by atoms with Gasteiger partial charge in [-0.3, -0.25) is 14.4 Å². The molecule has 0 aliphatic carbocycles. The summed E-state index contributed by atoms with van der Waals surface area (Å²) in [5.41, 5.74) is 8.08. The van der Waals surface area contributed by atoms with Gasteiger partial charge in [-0.2, -0.15) is 0 Å². The third kappa shape index (κ3) is 8.98. The van der Waals surface area contributed by atoms with E-state index in [-0.39, 0.29) is 19.4 Å². The minimum Gasteiger partial charge on any atom is -0.444 e. The molecule has 2 atom stereocenters. The lowest BCUT2D eigenvalue weighted by Gasteiger charge is -2.35. The van der Waals surface area contributed by atoms with Gasteiger partial charge in [0.1, 0.15) is 17.7 Å². The number of carbonyl (C=O) groups is 4. The minimum absolute atomic E-state index is 0.0572. The highest BCUT2D eigenvalue weighted by Gasteiger charge is 2.37. The largest absolute Gasteiger partial charge is 0.444 e. The van der Waals surface area contributed by atoms with Gasteiger partial charge in [0.15, 0.2) is 0 Å². The molecule has 0 saturated heterocycles. The molecule has 0 aliphatic heterocycles. The number of carbonyl (C=O) groups excluding carboxylic acids is 4. The van der Waals surface area contributed by atoms with Crippen LogP contribution in [-0.4, -0.2) is 46.9 Å². The van der Waals surface area contributed by atoms with Crippen molar-refractivity contribution in [1.29, 1.82) is 0 Å². The second-order valence-electron chi connectivity index (χ2n) is 10.9. The molecule has 0 heterocycles. The van der Waals surface area contributed by atoms with Crippen LogP contribution in [0.25, 0.3) is 0 Å². The van der Waals surface area contributed by atoms with Crippen LogP contribution < -0.4 is 16.4 Å². The Morgan fingerprint density at radius 3 is 2.10 bits per heavy atom. The topological polar surface area (TPSA) is 131 Å². The van der Waals surface area contributed by atoms with Gasteiger partial charge < -0.3 is 26.0 Å². The third-order valence-corrected chi connectivity index (χ3v) is 6.58. The molecule has 2 rings (SSSR count). The Bertz CT molecular complexity index is 1200. The number of amides is 4. The first kappa shape index (κ1) is 32.6. The van der Waals surface area contributed by atoms with E-state index in [1.54, 1.807) is 32.9 Å². The van der Waals surface area contributed by atoms with Crippen LogP contribution in [0, 0.1) is 20.8 Å². The first-order chi connectivity index (χ1) is 18.7. The van der Waals surface area contributed by atoms with Gasteiger partial charge in [0.25, 0.3) is 5.91 Å². The van der Waals surface area contributed by atoms with E-state index in [0.29, 0.717) is 22.7 Å². The van der Waals surface area contributed by atoms with Gasteiger partial charge in [-0.25, -0.2) is 4.79 Å². The van der Waals surface area contributed by atoms with E-state index < -0.39 is 41.5 Å². The highest BCUT2D eigenvalue weighted by molar-refractivity contribution is 6.34. The lowest BCUT2D eigenvalue weighted by atomic mass is 9.93. The molecule has 2 unspecified atom stereocenters. The fourth-order valence-electron chi connectivity index (χ4n) is 4.47. The van der Waals surface area contributed by atoms with Gasteiger partial charge in [0.2, 0.25) is 11.8 Å². The molecule has 0 spiro atoms. The van der Waals surface area contributed by atoms with Crippen molar-refractivity contribution in [3.8, 4) is 0 Å². The number of halogens is 1. The summed E-state index contributed by atoms with van der Waals surface area (Å²) in [7, 11) is 0. The van der Waals surface area contributed by atoms with Gasteiger partial charge in [-0.15, -0.1) is 0 Å². The number of ether oxygens (including phenoxy) is 1. The number of anilines is 1. The van der Waals surface area contributed by atoms with Crippen LogP contribution in [0.1, 0.15) is 75.3 Å². The van der Waals surface area contributed by atoms with Crippen LogP contribution in [0.5, 0.6) is 0 Å². The Hall–Kier alpha value is -3.59. The van der Waals surface area contributed by atoms with E-state index in [9.17, 15) is 19.2 Å². The molecule has 4 amide bonds. The summed E-state index contributed by atoms with van der Waals surface area (Å²) >= 11 is 6.42. The van der Waals surface area contributed by atoms with Crippen molar-refractivity contribution < 1.29 is 23.9 Å². The van der Waals surface area contributed by atoms with E-state index in [1.165, 1.54) is 4.90 Å². The third-order valence-electron chi connectivity index (χ3n) is 6.26. The number of alkyl carbamates (subject to hydrolysis) is 1. The number of nitrogens with two attached hydrogens (primary N) is 1. The number of nitrogens with zero attached hydrogens (tertiary/aromatic N) is 1. The monoisotopic (exact) mass is 572 g/mol. The second-order valence-corrected chi connectivity index (χ2v) is 11.3. The number of benzene rings is 2. The number of aryl methyl sites for hydroxylation is 3. The van der Waals surface area contributed by atoms with Gasteiger partial charge in [0.05, 0.1) is 10.7 Å². The molecule has 2 aromatic rings. The van der Waals surface area contributed by atoms with Crippen LogP contribution in [0.15, 0.2) is 36.4 Å². The van der Waals surface area contributed by atoms with Crippen molar-refractivity contribution in [2.24, 2.45) is 5.73 Å². The summed E-state index contributed by atoms with van der Waals surface area (Å²) in [4.78, 5) is 54.0. The minimum atomic E-state index is -1.16. The van der Waals surface area contributed by atoms with Crippen LogP contribution in [0.4, 0.5) is 10.5 Å². The maximum absolute atomic E-state index is 14.2. The standard InChI is InChI=1S/C30H41ClN4O5/c1-8-17-35(28(38)22(15-16-23(32)36)33-29(39)40-30(5,6)7)26(24-18(2)11-9-12-19(24)3)27(37)34-25-20(4)13-10-14-21(25)31/h9-14,22,26H,8,15-17H2,1-7H3,(H2,32,36)(H,33,39)(H,34,37). The van der Waals surface area contributed by atoms with Crippen LogP contribution in [-0.2, 0) is 19.1 Å². The summed E-state index contributed by atoms with van der Waals surface area (Å²) in [5, 5.41) is 5.90. The number of rotatable bonds is 11. The molecule has 0 bridgehead atoms. The molecule has 218 valence electrons. The zero-order valence-electron chi connectivity index (χ0n) is 24.4. The van der Waals surface area contributed by atoms with E-state index in [1.807, 2.05) is 52.0 Å². The van der Waals surface area contributed by atoms with Crippen molar-refractivity contribution >= 4 is 41.1 Å². The van der Waals surface area contributed by atoms with Crippen molar-refractivity contribution in [3.05, 3.63) is 63.7 Å². The number of primary amides is 1. The van der Waals surface area contributed by atoms with E-state index >= 15 is 0 Å². The molecular formula is C30H41ClN4O5. The van der Waals surface area contributed by atoms with Crippen LogP contribution in [0.3, 0.4) is 0 Å². The average molecular weight is 573 g/mol. The SMILES string of the molecule is CCCN(C(=O)C(CCC(N)=O)NC(=O)OC(C)(C)C)C(C(=O)Nc1c(C)cccc1Cl)c1c(C)cccc1C. The van der Waals surface area contributed by atoms with Crippen molar-refractivity contribution in [1.82, 2.24) is 10.2 Å². The summed E-state index contributed by atoms with van der Waals surface area (Å²) < 4.78 is 5.37. The molecule has 40 heavy (non-hydrogen) atoms. The number of hydrogen-bond acceptors (Lipinski definition) is 5. The van der Waals surface area contributed by atoms with E-state index in [2.05, 4.69) is 10.6 Å². The van der Waals surface area contributed by atoms with Gasteiger partial charge in [0, 0.05) is 13.0 Å². The predicted molar refractivity (Wildman–Crippen MR) is 157 cm³/mol. The average Bonchev–Trinajstić information content (AvgIpc) is 2.83. The maximum Gasteiger partial charge on any atom is 0.408 e. The van der Waals surface area contributed by atoms with Crippen molar-refractivity contribution in [2.75, 3.05) is 11.9 Å². The molecule has 9 nitrogen and oxygen atoms in total. The molecule has 4 N–H and O–H groups in total. The normalized spacial score (nSPS) is 12.7. The highest BCUT2D eigenvalue weighted by atomic mass is 35.5. The first-order valence-electron chi connectivity index (χ1n) is 13.4. The molecule has 0 aromatic heterocycles. The summed E-state index contributed by atoms with van der Waals surface area (Å²) in [6.45, 7) is 12.8. The number of nitrogens with one attached hydrogen (secondary N) is 2. The van der Waals surface area contributed by atoms with Crippen LogP contribution >= 0.6 is 11.6 Å². The van der Waals surface area contributed by atoms with Crippen molar-refractivity contribution in [3.63, 3.8) is 0 Å². The molecular weight excluding hydrogens is 532 g/mol. The predicted octanol–water partition coefficient (Wildman–Crippen LogP) is 5.34. The van der Waals surface area contributed by atoms with Crippen LogP contribution in [0.2, 0.25) is 5.02 Å². The molecule has 0 radical (unpaired) electrons. The van der Waals surface area contributed by atoms with E-state index in [4.69, 9.17) is 22.1 Å². The Kier molecular flexibility index (Phi) is 11.5. The zero-order valence-corrected chi connectivity index (χ0v) is 25.1. The number of para-hydroxylation sites is 1. The smallest absolute Gasteiger partial charge is 0.408 e. The molecule has 0 fully saturated rings. The fraction of sp³-hybridized carbons (Fsp3) is 0.467. The lowest BCUT2D eigenvalue weighted by molar-refractivity contribution is -0.141. The van der Waals surface area contributed by atoms with Gasteiger partial charge >= 0.3 is 6.09 Å². The highest BCUT2D eigenvalue weighted by Crippen LogP contribution is 2.32. The molecule has 10 heteroatoms. The van der Waals surface area contributed by atoms with Gasteiger partial charge in [-0.1, -0.05) is 48.9 Å². The fourth-order valence-corrected chi connectivity index (χ4v) is 4.74. The number of hydrogen-bond donors (Lipinski definition) is 3. The first-order valence-corrected chi connectivity index (χ1v) is 13.7. The Morgan fingerprint density at radius 2 is 1.57 bits per heavy atom. The molecule has 0 saturated carbocycles. The maximum atomic E-state index is 14.2.